The molecule has 1 aliphatic carbocycles. The number of hydrogen-bond donors (Lipinski definition) is 0. The van der Waals surface area contributed by atoms with E-state index in [0.29, 0.717) is 18.3 Å². The standard InChI is InChI=1S/C9H13ClO/c1-6(2)7-3-8(10)5-9(11)4-7/h5-7H,3-4H2,1-2H3. The lowest BCUT2D eigenvalue weighted by Gasteiger charge is -2.22. The van der Waals surface area contributed by atoms with Crippen LogP contribution in [-0.4, -0.2) is 5.78 Å². The molecule has 0 radical (unpaired) electrons. The Kier molecular flexibility index (Phi) is 2.72. The normalized spacial score (nSPS) is 25.6. The summed E-state index contributed by atoms with van der Waals surface area (Å²) >= 11 is 5.79. The first kappa shape index (κ1) is 8.79. The lowest BCUT2D eigenvalue weighted by Crippen LogP contribution is -2.17. The summed E-state index contributed by atoms with van der Waals surface area (Å²) in [5.41, 5.74) is 0. The van der Waals surface area contributed by atoms with Crippen LogP contribution in [0.5, 0.6) is 0 Å². The summed E-state index contributed by atoms with van der Waals surface area (Å²) in [5, 5.41) is 0.722. The number of ketones is 1. The third-order valence-corrected chi connectivity index (χ3v) is 2.44. The van der Waals surface area contributed by atoms with E-state index in [0.717, 1.165) is 11.5 Å². The molecule has 0 saturated heterocycles. The molecule has 0 N–H and O–H groups in total. The molecule has 1 atom stereocenters. The third kappa shape index (κ3) is 2.33. The van der Waals surface area contributed by atoms with Crippen molar-refractivity contribution in [1.29, 1.82) is 0 Å². The van der Waals surface area contributed by atoms with Gasteiger partial charge in [0, 0.05) is 11.5 Å². The van der Waals surface area contributed by atoms with Gasteiger partial charge in [0.05, 0.1) is 0 Å². The topological polar surface area (TPSA) is 17.1 Å². The van der Waals surface area contributed by atoms with Crippen LogP contribution in [-0.2, 0) is 4.79 Å². The highest BCUT2D eigenvalue weighted by Crippen LogP contribution is 2.29. The molecule has 11 heavy (non-hydrogen) atoms. The Bertz CT molecular complexity index is 194. The summed E-state index contributed by atoms with van der Waals surface area (Å²) in [6.45, 7) is 4.26. The molecular weight excluding hydrogens is 160 g/mol. The van der Waals surface area contributed by atoms with Crippen molar-refractivity contribution in [1.82, 2.24) is 0 Å². The van der Waals surface area contributed by atoms with Crippen molar-refractivity contribution in [2.45, 2.75) is 26.7 Å². The average Bonchev–Trinajstić information content (AvgIpc) is 1.85. The zero-order chi connectivity index (χ0) is 8.43. The van der Waals surface area contributed by atoms with E-state index in [9.17, 15) is 4.79 Å². The van der Waals surface area contributed by atoms with E-state index < -0.39 is 0 Å². The molecule has 0 heterocycles. The first-order valence-corrected chi connectivity index (χ1v) is 4.36. The number of allylic oxidation sites excluding steroid dienone is 2. The molecule has 0 aromatic carbocycles. The number of carbonyl (C=O) groups is 1. The van der Waals surface area contributed by atoms with Crippen molar-refractivity contribution in [2.75, 3.05) is 0 Å². The van der Waals surface area contributed by atoms with E-state index in [1.54, 1.807) is 6.08 Å². The minimum absolute atomic E-state index is 0.181. The second-order valence-corrected chi connectivity index (χ2v) is 3.96. The molecule has 0 aliphatic heterocycles. The van der Waals surface area contributed by atoms with Crippen LogP contribution >= 0.6 is 11.6 Å². The van der Waals surface area contributed by atoms with Crippen LogP contribution in [0.3, 0.4) is 0 Å². The summed E-state index contributed by atoms with van der Waals surface area (Å²) in [5.74, 6) is 1.20. The maximum absolute atomic E-state index is 11.0. The van der Waals surface area contributed by atoms with Crippen LogP contribution in [0.25, 0.3) is 0 Å². The SMILES string of the molecule is CC(C)C1CC(=O)C=C(Cl)C1. The molecule has 1 rings (SSSR count). The van der Waals surface area contributed by atoms with Crippen LogP contribution in [0.1, 0.15) is 26.7 Å². The highest BCUT2D eigenvalue weighted by atomic mass is 35.5. The number of rotatable bonds is 1. The van der Waals surface area contributed by atoms with E-state index in [-0.39, 0.29) is 5.78 Å². The quantitative estimate of drug-likeness (QED) is 0.595. The number of carbonyl (C=O) groups excluding carboxylic acids is 1. The van der Waals surface area contributed by atoms with Gasteiger partial charge in [0.15, 0.2) is 5.78 Å². The van der Waals surface area contributed by atoms with Crippen molar-refractivity contribution in [3.8, 4) is 0 Å². The van der Waals surface area contributed by atoms with Gasteiger partial charge in [0.25, 0.3) is 0 Å². The van der Waals surface area contributed by atoms with Gasteiger partial charge in [-0.3, -0.25) is 4.79 Å². The highest BCUT2D eigenvalue weighted by Gasteiger charge is 2.21. The molecule has 0 spiro atoms. The fourth-order valence-electron chi connectivity index (χ4n) is 1.34. The monoisotopic (exact) mass is 172 g/mol. The van der Waals surface area contributed by atoms with Crippen LogP contribution in [0.2, 0.25) is 0 Å². The molecule has 0 fully saturated rings. The van der Waals surface area contributed by atoms with Gasteiger partial charge in [-0.15, -0.1) is 0 Å². The van der Waals surface area contributed by atoms with Gasteiger partial charge in [-0.25, -0.2) is 0 Å². The molecule has 0 saturated carbocycles. The van der Waals surface area contributed by atoms with Crippen LogP contribution in [0.15, 0.2) is 11.1 Å². The summed E-state index contributed by atoms with van der Waals surface area (Å²) in [7, 11) is 0. The maximum atomic E-state index is 11.0. The second-order valence-electron chi connectivity index (χ2n) is 3.47. The zero-order valence-corrected chi connectivity index (χ0v) is 7.69. The smallest absolute Gasteiger partial charge is 0.157 e. The molecular formula is C9H13ClO. The van der Waals surface area contributed by atoms with Gasteiger partial charge in [-0.05, 0) is 24.3 Å². The maximum Gasteiger partial charge on any atom is 0.157 e. The molecule has 0 aromatic rings. The fourth-order valence-corrected chi connectivity index (χ4v) is 1.66. The zero-order valence-electron chi connectivity index (χ0n) is 6.93. The number of halogens is 1. The predicted molar refractivity (Wildman–Crippen MR) is 46.5 cm³/mol. The Balaban J connectivity index is 2.64. The Morgan fingerprint density at radius 2 is 2.18 bits per heavy atom. The van der Waals surface area contributed by atoms with Gasteiger partial charge in [0.1, 0.15) is 0 Å². The number of hydrogen-bond acceptors (Lipinski definition) is 1. The molecule has 62 valence electrons. The Morgan fingerprint density at radius 1 is 1.55 bits per heavy atom. The van der Waals surface area contributed by atoms with E-state index >= 15 is 0 Å². The summed E-state index contributed by atoms with van der Waals surface area (Å²) in [6, 6.07) is 0. The minimum atomic E-state index is 0.181. The van der Waals surface area contributed by atoms with Crippen LogP contribution < -0.4 is 0 Å². The minimum Gasteiger partial charge on any atom is -0.295 e. The highest BCUT2D eigenvalue weighted by molar-refractivity contribution is 6.31. The summed E-state index contributed by atoms with van der Waals surface area (Å²) in [4.78, 5) is 11.0. The second kappa shape index (κ2) is 3.40. The van der Waals surface area contributed by atoms with Gasteiger partial charge in [-0.2, -0.15) is 0 Å². The Morgan fingerprint density at radius 3 is 2.64 bits per heavy atom. The molecule has 0 aromatic heterocycles. The van der Waals surface area contributed by atoms with Crippen molar-refractivity contribution in [3.05, 3.63) is 11.1 Å². The van der Waals surface area contributed by atoms with Crippen LogP contribution in [0.4, 0.5) is 0 Å². The first-order valence-electron chi connectivity index (χ1n) is 3.98. The Hall–Kier alpha value is -0.300. The molecule has 1 nitrogen and oxygen atoms in total. The van der Waals surface area contributed by atoms with E-state index in [4.69, 9.17) is 11.6 Å². The van der Waals surface area contributed by atoms with Crippen molar-refractivity contribution in [2.24, 2.45) is 11.8 Å². The first-order chi connectivity index (χ1) is 5.09. The van der Waals surface area contributed by atoms with Gasteiger partial charge in [0.2, 0.25) is 0 Å². The van der Waals surface area contributed by atoms with E-state index in [1.165, 1.54) is 0 Å². The Labute approximate surface area is 72.4 Å². The average molecular weight is 173 g/mol. The van der Waals surface area contributed by atoms with E-state index in [2.05, 4.69) is 13.8 Å². The third-order valence-electron chi connectivity index (χ3n) is 2.18. The molecule has 0 amide bonds. The summed E-state index contributed by atoms with van der Waals surface area (Å²) < 4.78 is 0. The van der Waals surface area contributed by atoms with Crippen molar-refractivity contribution < 1.29 is 4.79 Å². The van der Waals surface area contributed by atoms with Gasteiger partial charge >= 0.3 is 0 Å². The van der Waals surface area contributed by atoms with Gasteiger partial charge < -0.3 is 0 Å². The molecule has 1 aliphatic rings. The molecule has 2 heteroatoms. The lowest BCUT2D eigenvalue weighted by atomic mass is 9.84. The van der Waals surface area contributed by atoms with Crippen molar-refractivity contribution in [3.63, 3.8) is 0 Å². The van der Waals surface area contributed by atoms with Crippen molar-refractivity contribution >= 4 is 17.4 Å². The molecule has 0 bridgehead atoms. The molecule has 1 unspecified atom stereocenters. The fraction of sp³-hybridized carbons (Fsp3) is 0.667. The lowest BCUT2D eigenvalue weighted by molar-refractivity contribution is -0.116. The largest absolute Gasteiger partial charge is 0.295 e. The van der Waals surface area contributed by atoms with E-state index in [1.807, 2.05) is 0 Å². The van der Waals surface area contributed by atoms with Gasteiger partial charge in [-0.1, -0.05) is 25.4 Å². The van der Waals surface area contributed by atoms with Crippen LogP contribution in [0, 0.1) is 11.8 Å². The predicted octanol–water partition coefficient (Wildman–Crippen LogP) is 2.74. The summed E-state index contributed by atoms with van der Waals surface area (Å²) in [6.07, 6.45) is 3.11.